The van der Waals surface area contributed by atoms with E-state index in [-0.39, 0.29) is 18.5 Å². The Morgan fingerprint density at radius 2 is 1.70 bits per heavy atom. The summed E-state index contributed by atoms with van der Waals surface area (Å²) in [5.41, 5.74) is 9.81. The zero-order valence-electron chi connectivity index (χ0n) is 12.7. The van der Waals surface area contributed by atoms with Gasteiger partial charge in [0.1, 0.15) is 6.67 Å². The summed E-state index contributed by atoms with van der Waals surface area (Å²) in [4.78, 5) is 28.4. The van der Waals surface area contributed by atoms with Crippen LogP contribution in [0.1, 0.15) is 32.7 Å². The number of carbonyl (C=O) groups is 2. The number of hydrogen-bond acceptors (Lipinski definition) is 4. The molecule has 0 spiro atoms. The van der Waals surface area contributed by atoms with Crippen LogP contribution in [0.15, 0.2) is 42.5 Å². The van der Waals surface area contributed by atoms with Crippen molar-refractivity contribution in [2.75, 3.05) is 23.8 Å². The summed E-state index contributed by atoms with van der Waals surface area (Å²) < 4.78 is 0. The molecule has 5 heteroatoms. The molecule has 0 atom stereocenters. The summed E-state index contributed by atoms with van der Waals surface area (Å²) in [6, 6.07) is 12.8. The number of aryl methyl sites for hydroxylation is 1. The number of nitrogens with two attached hydrogens (primary N) is 1. The lowest BCUT2D eigenvalue weighted by Crippen LogP contribution is -2.43. The van der Waals surface area contributed by atoms with Crippen molar-refractivity contribution in [2.45, 2.75) is 12.8 Å². The second-order valence-electron chi connectivity index (χ2n) is 5.98. The molecule has 5 nitrogen and oxygen atoms in total. The van der Waals surface area contributed by atoms with Gasteiger partial charge in [-0.15, -0.1) is 0 Å². The van der Waals surface area contributed by atoms with Crippen molar-refractivity contribution in [1.82, 2.24) is 4.90 Å². The van der Waals surface area contributed by atoms with Gasteiger partial charge >= 0.3 is 0 Å². The number of benzene rings is 2. The van der Waals surface area contributed by atoms with Gasteiger partial charge in [-0.1, -0.05) is 12.1 Å². The molecule has 2 N–H and O–H groups in total. The third-order valence-electron chi connectivity index (χ3n) is 4.51. The molecule has 0 fully saturated rings. The number of anilines is 2. The fourth-order valence-electron chi connectivity index (χ4n) is 3.38. The number of amides is 2. The topological polar surface area (TPSA) is 66.6 Å². The third-order valence-corrected chi connectivity index (χ3v) is 4.51. The molecule has 23 heavy (non-hydrogen) atoms. The molecule has 0 radical (unpaired) electrons. The molecule has 2 heterocycles. The lowest BCUT2D eigenvalue weighted by Gasteiger charge is -2.33. The van der Waals surface area contributed by atoms with Crippen molar-refractivity contribution in [1.29, 1.82) is 0 Å². The second kappa shape index (κ2) is 5.12. The third kappa shape index (κ3) is 2.16. The molecule has 116 valence electrons. The molecule has 2 aliphatic heterocycles. The largest absolute Gasteiger partial charge is 0.399 e. The van der Waals surface area contributed by atoms with Gasteiger partial charge in [0, 0.05) is 17.9 Å². The molecular weight excluding hydrogens is 290 g/mol. The van der Waals surface area contributed by atoms with Gasteiger partial charge in [0.25, 0.3) is 11.8 Å². The number of nitrogens with zero attached hydrogens (tertiary/aromatic N) is 2. The molecule has 0 unspecified atom stereocenters. The number of hydrogen-bond donors (Lipinski definition) is 1. The molecule has 0 saturated carbocycles. The minimum Gasteiger partial charge on any atom is -0.399 e. The van der Waals surface area contributed by atoms with Crippen LogP contribution >= 0.6 is 0 Å². The quantitative estimate of drug-likeness (QED) is 0.683. The van der Waals surface area contributed by atoms with Crippen LogP contribution in [0.2, 0.25) is 0 Å². The highest BCUT2D eigenvalue weighted by Gasteiger charge is 2.36. The van der Waals surface area contributed by atoms with E-state index in [0.29, 0.717) is 11.1 Å². The van der Waals surface area contributed by atoms with Crippen molar-refractivity contribution < 1.29 is 9.59 Å². The Kier molecular flexibility index (Phi) is 3.08. The van der Waals surface area contributed by atoms with Gasteiger partial charge in [-0.05, 0) is 48.7 Å². The van der Waals surface area contributed by atoms with E-state index in [2.05, 4.69) is 4.90 Å². The Morgan fingerprint density at radius 3 is 2.39 bits per heavy atom. The van der Waals surface area contributed by atoms with Crippen LogP contribution < -0.4 is 10.6 Å². The zero-order valence-corrected chi connectivity index (χ0v) is 12.7. The summed E-state index contributed by atoms with van der Waals surface area (Å²) in [7, 11) is 0. The summed E-state index contributed by atoms with van der Waals surface area (Å²) in [5, 5.41) is 0. The average Bonchev–Trinajstić information content (AvgIpc) is 2.80. The first kappa shape index (κ1) is 13.8. The van der Waals surface area contributed by atoms with E-state index in [1.54, 1.807) is 24.3 Å². The maximum Gasteiger partial charge on any atom is 0.263 e. The Labute approximate surface area is 134 Å². The normalized spacial score (nSPS) is 16.5. The predicted octanol–water partition coefficient (Wildman–Crippen LogP) is 2.28. The Morgan fingerprint density at radius 1 is 1.00 bits per heavy atom. The first-order chi connectivity index (χ1) is 11.1. The molecule has 0 bridgehead atoms. The number of rotatable bonds is 2. The highest BCUT2D eigenvalue weighted by atomic mass is 16.2. The van der Waals surface area contributed by atoms with E-state index >= 15 is 0 Å². The summed E-state index contributed by atoms with van der Waals surface area (Å²) in [6.45, 7) is 1.10. The first-order valence-corrected chi connectivity index (χ1v) is 7.74. The fourth-order valence-corrected chi connectivity index (χ4v) is 3.38. The second-order valence-corrected chi connectivity index (χ2v) is 5.98. The average molecular weight is 307 g/mol. The van der Waals surface area contributed by atoms with Crippen LogP contribution in [-0.2, 0) is 6.42 Å². The van der Waals surface area contributed by atoms with Crippen molar-refractivity contribution in [2.24, 2.45) is 0 Å². The van der Waals surface area contributed by atoms with Crippen LogP contribution in [0.25, 0.3) is 0 Å². The van der Waals surface area contributed by atoms with Crippen LogP contribution in [0.3, 0.4) is 0 Å². The van der Waals surface area contributed by atoms with Crippen LogP contribution in [0, 0.1) is 0 Å². The van der Waals surface area contributed by atoms with E-state index in [0.717, 1.165) is 30.8 Å². The lowest BCUT2D eigenvalue weighted by atomic mass is 10.0. The highest BCUT2D eigenvalue weighted by molar-refractivity contribution is 6.21. The number of carbonyl (C=O) groups excluding carboxylic acids is 2. The van der Waals surface area contributed by atoms with Gasteiger partial charge in [0.2, 0.25) is 0 Å². The SMILES string of the molecule is Nc1ccc2c(c1)CCCN2CN1C(=O)c2ccccc2C1=O. The predicted molar refractivity (Wildman–Crippen MR) is 88.3 cm³/mol. The Hall–Kier alpha value is -2.82. The molecular formula is C18H17N3O2. The van der Waals surface area contributed by atoms with Crippen LogP contribution in [0.4, 0.5) is 11.4 Å². The standard InChI is InChI=1S/C18H17N3O2/c19-13-7-8-16-12(10-13)4-3-9-20(16)11-21-17(22)14-5-1-2-6-15(14)18(21)23/h1-2,5-8,10H,3-4,9,11,19H2. The van der Waals surface area contributed by atoms with Gasteiger partial charge in [0.05, 0.1) is 11.1 Å². The maximum absolute atomic E-state index is 12.5. The van der Waals surface area contributed by atoms with Crippen LogP contribution in [-0.4, -0.2) is 29.9 Å². The molecule has 2 aliphatic rings. The van der Waals surface area contributed by atoms with E-state index in [9.17, 15) is 9.59 Å². The van der Waals surface area contributed by atoms with Crippen molar-refractivity contribution >= 4 is 23.2 Å². The minimum atomic E-state index is -0.215. The molecule has 0 saturated heterocycles. The molecule has 2 aromatic rings. The number of imide groups is 1. The van der Waals surface area contributed by atoms with Gasteiger partial charge in [-0.25, -0.2) is 0 Å². The van der Waals surface area contributed by atoms with Crippen molar-refractivity contribution in [3.63, 3.8) is 0 Å². The Bertz CT molecular complexity index is 781. The molecule has 0 aliphatic carbocycles. The van der Waals surface area contributed by atoms with Gasteiger partial charge < -0.3 is 10.6 Å². The monoisotopic (exact) mass is 307 g/mol. The van der Waals surface area contributed by atoms with E-state index in [4.69, 9.17) is 5.73 Å². The van der Waals surface area contributed by atoms with E-state index in [1.165, 1.54) is 10.5 Å². The van der Waals surface area contributed by atoms with Crippen LogP contribution in [0.5, 0.6) is 0 Å². The van der Waals surface area contributed by atoms with E-state index in [1.807, 2.05) is 18.2 Å². The molecule has 0 aromatic heterocycles. The lowest BCUT2D eigenvalue weighted by molar-refractivity contribution is 0.0653. The fraction of sp³-hybridized carbons (Fsp3) is 0.222. The van der Waals surface area contributed by atoms with Gasteiger partial charge in [-0.3, -0.25) is 14.5 Å². The summed E-state index contributed by atoms with van der Waals surface area (Å²) in [6.07, 6.45) is 1.96. The van der Waals surface area contributed by atoms with Crippen molar-refractivity contribution in [3.05, 3.63) is 59.2 Å². The molecule has 2 aromatic carbocycles. The van der Waals surface area contributed by atoms with Gasteiger partial charge in [0.15, 0.2) is 0 Å². The zero-order chi connectivity index (χ0) is 16.0. The molecule has 4 rings (SSSR count). The van der Waals surface area contributed by atoms with Crippen molar-refractivity contribution in [3.8, 4) is 0 Å². The molecule has 2 amide bonds. The minimum absolute atomic E-state index is 0.215. The number of nitrogen functional groups attached to an aromatic ring is 1. The summed E-state index contributed by atoms with van der Waals surface area (Å²) in [5.74, 6) is -0.429. The first-order valence-electron chi connectivity index (χ1n) is 7.74. The van der Waals surface area contributed by atoms with Gasteiger partial charge in [-0.2, -0.15) is 0 Å². The smallest absolute Gasteiger partial charge is 0.263 e. The highest BCUT2D eigenvalue weighted by Crippen LogP contribution is 2.30. The number of fused-ring (bicyclic) bond motifs is 2. The Balaban J connectivity index is 1.64. The van der Waals surface area contributed by atoms with E-state index < -0.39 is 0 Å². The maximum atomic E-state index is 12.5. The summed E-state index contributed by atoms with van der Waals surface area (Å²) >= 11 is 0.